The second kappa shape index (κ2) is 3.90. The third-order valence-corrected chi connectivity index (χ3v) is 3.91. The van der Waals surface area contributed by atoms with Gasteiger partial charge in [0.15, 0.2) is 0 Å². The van der Waals surface area contributed by atoms with Crippen LogP contribution in [0.2, 0.25) is 4.34 Å². The number of halogens is 2. The average Bonchev–Trinajstić information content (AvgIpc) is 2.45. The lowest BCUT2D eigenvalue weighted by atomic mass is 10.1. The van der Waals surface area contributed by atoms with Crippen LogP contribution in [0.1, 0.15) is 5.56 Å². The third-order valence-electron chi connectivity index (χ3n) is 1.96. The third kappa shape index (κ3) is 1.66. The van der Waals surface area contributed by atoms with Gasteiger partial charge in [0.1, 0.15) is 0 Å². The molecule has 1 aromatic carbocycles. The lowest BCUT2D eigenvalue weighted by Crippen LogP contribution is -1.78. The van der Waals surface area contributed by atoms with Gasteiger partial charge in [0, 0.05) is 14.7 Å². The number of fused-ring (bicyclic) bond motifs is 1. The van der Waals surface area contributed by atoms with E-state index in [1.165, 1.54) is 11.3 Å². The van der Waals surface area contributed by atoms with E-state index < -0.39 is 0 Å². The summed E-state index contributed by atoms with van der Waals surface area (Å²) in [6, 6.07) is 8.12. The van der Waals surface area contributed by atoms with E-state index in [1.54, 1.807) is 0 Å². The van der Waals surface area contributed by atoms with Gasteiger partial charge in [0.05, 0.1) is 16.8 Å². The Hall–Kier alpha value is -0.560. The number of rotatable bonds is 1. The molecule has 0 atom stereocenters. The van der Waals surface area contributed by atoms with E-state index in [2.05, 4.69) is 22.0 Å². The molecule has 0 saturated heterocycles. The van der Waals surface area contributed by atoms with Gasteiger partial charge >= 0.3 is 0 Å². The Labute approximate surface area is 99.0 Å². The summed E-state index contributed by atoms with van der Waals surface area (Å²) in [6.07, 6.45) is 0.370. The van der Waals surface area contributed by atoms with Gasteiger partial charge in [-0.3, -0.25) is 0 Å². The zero-order valence-electron chi connectivity index (χ0n) is 7.05. The molecule has 0 aliphatic heterocycles. The molecule has 1 aromatic heterocycles. The van der Waals surface area contributed by atoms with Crippen molar-refractivity contribution in [2.45, 2.75) is 6.42 Å². The van der Waals surface area contributed by atoms with Crippen molar-refractivity contribution in [3.63, 3.8) is 0 Å². The summed E-state index contributed by atoms with van der Waals surface area (Å²) >= 11 is 11.0. The van der Waals surface area contributed by atoms with Gasteiger partial charge < -0.3 is 0 Å². The Bertz CT molecular complexity index is 527. The minimum absolute atomic E-state index is 0.370. The standard InChI is InChI=1S/C10H5BrClNS/c11-6-1-2-9-8(5-6)7(3-4-13)10(12)14-9/h1-2,5H,3H2. The fourth-order valence-corrected chi connectivity index (χ4v) is 3.04. The summed E-state index contributed by atoms with van der Waals surface area (Å²) in [5.41, 5.74) is 0.940. The molecule has 0 spiro atoms. The highest BCUT2D eigenvalue weighted by atomic mass is 79.9. The SMILES string of the molecule is N#CCc1c(Cl)sc2ccc(Br)cc12. The Morgan fingerprint density at radius 3 is 3.00 bits per heavy atom. The van der Waals surface area contributed by atoms with Crippen LogP contribution in [-0.2, 0) is 6.42 Å². The van der Waals surface area contributed by atoms with E-state index in [0.717, 1.165) is 24.5 Å². The number of nitriles is 1. The number of hydrogen-bond acceptors (Lipinski definition) is 2. The first kappa shape index (κ1) is 9.97. The summed E-state index contributed by atoms with van der Waals surface area (Å²) in [7, 11) is 0. The molecular weight excluding hydrogens is 282 g/mol. The topological polar surface area (TPSA) is 23.8 Å². The smallest absolute Gasteiger partial charge is 0.0983 e. The van der Waals surface area contributed by atoms with Crippen LogP contribution in [0.15, 0.2) is 22.7 Å². The number of nitrogens with zero attached hydrogens (tertiary/aromatic N) is 1. The van der Waals surface area contributed by atoms with Crippen molar-refractivity contribution >= 4 is 49.0 Å². The van der Waals surface area contributed by atoms with E-state index in [-0.39, 0.29) is 0 Å². The minimum Gasteiger partial charge on any atom is -0.198 e. The van der Waals surface area contributed by atoms with Crippen LogP contribution in [-0.4, -0.2) is 0 Å². The Balaban J connectivity index is 2.74. The molecule has 0 unspecified atom stereocenters. The van der Waals surface area contributed by atoms with Gasteiger partial charge in [-0.1, -0.05) is 27.5 Å². The van der Waals surface area contributed by atoms with E-state index in [9.17, 15) is 0 Å². The lowest BCUT2D eigenvalue weighted by molar-refractivity contribution is 1.30. The fourth-order valence-electron chi connectivity index (χ4n) is 1.33. The van der Waals surface area contributed by atoms with E-state index in [4.69, 9.17) is 16.9 Å². The van der Waals surface area contributed by atoms with Crippen LogP contribution in [0.5, 0.6) is 0 Å². The number of thiophene rings is 1. The molecule has 1 nitrogen and oxygen atoms in total. The molecular formula is C10H5BrClNS. The van der Waals surface area contributed by atoms with Crippen LogP contribution >= 0.6 is 38.9 Å². The molecule has 0 aliphatic rings. The quantitative estimate of drug-likeness (QED) is 0.763. The van der Waals surface area contributed by atoms with Crippen molar-refractivity contribution in [2.75, 3.05) is 0 Å². The predicted octanol–water partition coefficient (Wildman–Crippen LogP) is 4.38. The zero-order chi connectivity index (χ0) is 10.1. The van der Waals surface area contributed by atoms with Gasteiger partial charge in [-0.15, -0.1) is 11.3 Å². The molecule has 0 aliphatic carbocycles. The second-order valence-electron chi connectivity index (χ2n) is 2.83. The zero-order valence-corrected chi connectivity index (χ0v) is 10.2. The van der Waals surface area contributed by atoms with Gasteiger partial charge in [-0.25, -0.2) is 0 Å². The first-order valence-corrected chi connectivity index (χ1v) is 5.94. The second-order valence-corrected chi connectivity index (χ2v) is 5.40. The van der Waals surface area contributed by atoms with E-state index >= 15 is 0 Å². The maximum absolute atomic E-state index is 8.68. The Kier molecular flexibility index (Phi) is 2.78. The van der Waals surface area contributed by atoms with Crippen molar-refractivity contribution in [1.82, 2.24) is 0 Å². The van der Waals surface area contributed by atoms with Crippen LogP contribution < -0.4 is 0 Å². The molecule has 2 rings (SSSR count). The lowest BCUT2D eigenvalue weighted by Gasteiger charge is -1.94. The highest BCUT2D eigenvalue weighted by Gasteiger charge is 2.09. The van der Waals surface area contributed by atoms with Gasteiger partial charge in [0.2, 0.25) is 0 Å². The summed E-state index contributed by atoms with van der Waals surface area (Å²) in [5.74, 6) is 0. The van der Waals surface area contributed by atoms with Crippen molar-refractivity contribution in [3.05, 3.63) is 32.6 Å². The summed E-state index contributed by atoms with van der Waals surface area (Å²) in [4.78, 5) is 0. The van der Waals surface area contributed by atoms with Gasteiger partial charge in [0.25, 0.3) is 0 Å². The molecule has 0 radical (unpaired) electrons. The molecule has 0 fully saturated rings. The van der Waals surface area contributed by atoms with Crippen molar-refractivity contribution in [2.24, 2.45) is 0 Å². The molecule has 14 heavy (non-hydrogen) atoms. The summed E-state index contributed by atoms with van der Waals surface area (Å²) in [6.45, 7) is 0. The Morgan fingerprint density at radius 1 is 1.50 bits per heavy atom. The van der Waals surface area contributed by atoms with E-state index in [1.807, 2.05) is 18.2 Å². The van der Waals surface area contributed by atoms with Crippen molar-refractivity contribution < 1.29 is 0 Å². The van der Waals surface area contributed by atoms with Crippen LogP contribution in [0.3, 0.4) is 0 Å². The molecule has 0 bridgehead atoms. The minimum atomic E-state index is 0.370. The predicted molar refractivity (Wildman–Crippen MR) is 63.9 cm³/mol. The largest absolute Gasteiger partial charge is 0.198 e. The molecule has 4 heteroatoms. The first-order chi connectivity index (χ1) is 6.72. The highest BCUT2D eigenvalue weighted by Crippen LogP contribution is 2.36. The summed E-state index contributed by atoms with van der Waals surface area (Å²) in [5, 5.41) is 9.76. The van der Waals surface area contributed by atoms with Gasteiger partial charge in [-0.05, 0) is 23.6 Å². The van der Waals surface area contributed by atoms with Crippen LogP contribution in [0.25, 0.3) is 10.1 Å². The Morgan fingerprint density at radius 2 is 2.29 bits per heavy atom. The average molecular weight is 287 g/mol. The normalized spacial score (nSPS) is 10.4. The maximum Gasteiger partial charge on any atom is 0.0983 e. The molecule has 0 amide bonds. The molecule has 1 heterocycles. The summed E-state index contributed by atoms with van der Waals surface area (Å²) < 4.78 is 2.86. The fraction of sp³-hybridized carbons (Fsp3) is 0.100. The van der Waals surface area contributed by atoms with Crippen LogP contribution in [0, 0.1) is 11.3 Å². The molecule has 0 N–H and O–H groups in total. The van der Waals surface area contributed by atoms with Crippen LogP contribution in [0.4, 0.5) is 0 Å². The molecule has 2 aromatic rings. The number of hydrogen-bond donors (Lipinski definition) is 0. The first-order valence-electron chi connectivity index (χ1n) is 3.95. The maximum atomic E-state index is 8.68. The molecule has 0 saturated carbocycles. The molecule has 70 valence electrons. The van der Waals surface area contributed by atoms with Crippen molar-refractivity contribution in [3.8, 4) is 6.07 Å². The number of benzene rings is 1. The highest BCUT2D eigenvalue weighted by molar-refractivity contribution is 9.10. The van der Waals surface area contributed by atoms with Crippen molar-refractivity contribution in [1.29, 1.82) is 5.26 Å². The van der Waals surface area contributed by atoms with Gasteiger partial charge in [-0.2, -0.15) is 5.26 Å². The van der Waals surface area contributed by atoms with E-state index in [0.29, 0.717) is 6.42 Å². The monoisotopic (exact) mass is 285 g/mol.